The number of pyridine rings is 1. The van der Waals surface area contributed by atoms with Gasteiger partial charge in [0.15, 0.2) is 0 Å². The number of aliphatic hydroxyl groups excluding tert-OH is 1. The van der Waals surface area contributed by atoms with Crippen molar-refractivity contribution < 1.29 is 29.6 Å². The molecule has 0 radical (unpaired) electrons. The van der Waals surface area contributed by atoms with Gasteiger partial charge in [0.2, 0.25) is 5.56 Å². The molecule has 1 fully saturated rings. The van der Waals surface area contributed by atoms with Gasteiger partial charge in [-0.25, -0.2) is 4.79 Å². The molecule has 0 bridgehead atoms. The Bertz CT molecular complexity index is 2010. The molecule has 1 unspecified atom stereocenters. The lowest BCUT2D eigenvalue weighted by Gasteiger charge is -2.23. The van der Waals surface area contributed by atoms with Gasteiger partial charge in [0.1, 0.15) is 18.1 Å². The van der Waals surface area contributed by atoms with E-state index in [1.807, 2.05) is 83.8 Å². The molecule has 11 nitrogen and oxygen atoms in total. The zero-order valence-corrected chi connectivity index (χ0v) is 28.1. The molecular weight excluding hydrogens is 648 g/mol. The number of fused-ring (bicyclic) bond motifs is 1. The average Bonchev–Trinajstić information content (AvgIpc) is 3.97. The predicted octanol–water partition coefficient (Wildman–Crippen LogP) is 5.74. The van der Waals surface area contributed by atoms with Crippen LogP contribution in [0.4, 0.5) is 4.79 Å². The van der Waals surface area contributed by atoms with Crippen molar-refractivity contribution in [1.29, 1.82) is 0 Å². The summed E-state index contributed by atoms with van der Waals surface area (Å²) in [6.07, 6.45) is 0.975. The number of ether oxygens (including phenoxy) is 1. The normalized spacial score (nSPS) is 13.7. The third-order valence-electron chi connectivity index (χ3n) is 9.05. The van der Waals surface area contributed by atoms with Crippen molar-refractivity contribution in [2.24, 2.45) is 5.92 Å². The maximum atomic E-state index is 13.6. The number of carboxylic acid groups (broad SMARTS) is 1. The first-order valence-electron chi connectivity index (χ1n) is 17.1. The van der Waals surface area contributed by atoms with E-state index in [2.05, 4.69) is 15.6 Å². The second-order valence-corrected chi connectivity index (χ2v) is 12.9. The highest BCUT2D eigenvalue weighted by Crippen LogP contribution is 2.31. The lowest BCUT2D eigenvalue weighted by molar-refractivity contribution is 0.0744. The number of hydrogen-bond acceptors (Lipinski definition) is 7. The van der Waals surface area contributed by atoms with Gasteiger partial charge in [-0.15, -0.1) is 0 Å². The predicted molar refractivity (Wildman–Crippen MR) is 194 cm³/mol. The summed E-state index contributed by atoms with van der Waals surface area (Å²) in [5.74, 6) is 1.05. The van der Waals surface area contributed by atoms with Gasteiger partial charge in [0.25, 0.3) is 5.91 Å². The SMILES string of the molecule is O=C(O)NC(c1ccccc1)c1cccc(OCc2ccc(C(=O)N(CCCNC[C@@H](O)c3ccc(O)c4[nH]c(=O)ccc34)CC3CC3)cc2)c1. The second kappa shape index (κ2) is 16.4. The van der Waals surface area contributed by atoms with E-state index in [1.54, 1.807) is 12.1 Å². The van der Waals surface area contributed by atoms with Crippen LogP contribution in [0.25, 0.3) is 10.9 Å². The zero-order valence-electron chi connectivity index (χ0n) is 28.1. The minimum atomic E-state index is -1.12. The number of H-pyrrole nitrogens is 1. The summed E-state index contributed by atoms with van der Waals surface area (Å²) in [6, 6.07) is 29.7. The monoisotopic (exact) mass is 690 g/mol. The first-order valence-corrected chi connectivity index (χ1v) is 17.1. The summed E-state index contributed by atoms with van der Waals surface area (Å²) in [7, 11) is 0. The van der Waals surface area contributed by atoms with Gasteiger partial charge in [0.05, 0.1) is 17.7 Å². The van der Waals surface area contributed by atoms with E-state index >= 15 is 0 Å². The number of amides is 2. The minimum absolute atomic E-state index is 0.0236. The van der Waals surface area contributed by atoms with Gasteiger partial charge in [-0.1, -0.05) is 60.7 Å². The lowest BCUT2D eigenvalue weighted by Crippen LogP contribution is -2.35. The largest absolute Gasteiger partial charge is 0.506 e. The number of phenols is 1. The van der Waals surface area contributed by atoms with Crippen molar-refractivity contribution in [3.8, 4) is 11.5 Å². The van der Waals surface area contributed by atoms with Crippen LogP contribution in [0.5, 0.6) is 11.5 Å². The van der Waals surface area contributed by atoms with Gasteiger partial charge in [0, 0.05) is 36.7 Å². The Labute approximate surface area is 295 Å². The fourth-order valence-electron chi connectivity index (χ4n) is 6.19. The van der Waals surface area contributed by atoms with Crippen LogP contribution >= 0.6 is 0 Å². The van der Waals surface area contributed by atoms with E-state index in [9.17, 15) is 29.7 Å². The number of aromatic hydroxyl groups is 1. The van der Waals surface area contributed by atoms with Gasteiger partial charge in [-0.05, 0) is 90.4 Å². The molecule has 0 spiro atoms. The van der Waals surface area contributed by atoms with Crippen LogP contribution in [-0.2, 0) is 6.61 Å². The Morgan fingerprint density at radius 1 is 0.922 bits per heavy atom. The average molecular weight is 691 g/mol. The number of aromatic amines is 1. The number of carbonyl (C=O) groups is 2. The Kier molecular flexibility index (Phi) is 11.3. The second-order valence-electron chi connectivity index (χ2n) is 12.9. The Morgan fingerprint density at radius 3 is 2.43 bits per heavy atom. The summed E-state index contributed by atoms with van der Waals surface area (Å²) < 4.78 is 6.06. The highest BCUT2D eigenvalue weighted by molar-refractivity contribution is 5.94. The van der Waals surface area contributed by atoms with E-state index < -0.39 is 18.2 Å². The van der Waals surface area contributed by atoms with Crippen molar-refractivity contribution in [3.05, 3.63) is 141 Å². The highest BCUT2D eigenvalue weighted by atomic mass is 16.5. The number of rotatable bonds is 16. The van der Waals surface area contributed by atoms with Crippen molar-refractivity contribution in [1.82, 2.24) is 20.5 Å². The molecule has 1 saturated carbocycles. The Balaban J connectivity index is 1.01. The number of aliphatic hydroxyl groups is 1. The molecule has 5 aromatic rings. The van der Waals surface area contributed by atoms with E-state index in [0.29, 0.717) is 59.8 Å². The molecule has 1 aromatic heterocycles. The summed E-state index contributed by atoms with van der Waals surface area (Å²) in [4.78, 5) is 41.3. The maximum Gasteiger partial charge on any atom is 0.405 e. The fourth-order valence-corrected chi connectivity index (χ4v) is 6.19. The van der Waals surface area contributed by atoms with Crippen molar-refractivity contribution in [2.75, 3.05) is 26.2 Å². The number of hydrogen-bond donors (Lipinski definition) is 6. The molecule has 11 heteroatoms. The number of nitrogens with one attached hydrogen (secondary N) is 3. The first kappa shape index (κ1) is 35.2. The minimum Gasteiger partial charge on any atom is -0.506 e. The van der Waals surface area contributed by atoms with Crippen LogP contribution in [0.15, 0.2) is 108 Å². The van der Waals surface area contributed by atoms with Crippen molar-refractivity contribution >= 4 is 22.9 Å². The highest BCUT2D eigenvalue weighted by Gasteiger charge is 2.27. The van der Waals surface area contributed by atoms with Gasteiger partial charge in [-0.2, -0.15) is 0 Å². The molecule has 1 heterocycles. The van der Waals surface area contributed by atoms with Gasteiger partial charge in [-0.3, -0.25) is 9.59 Å². The summed E-state index contributed by atoms with van der Waals surface area (Å²) in [5, 5.41) is 36.9. The summed E-state index contributed by atoms with van der Waals surface area (Å²) in [6.45, 7) is 2.43. The first-order chi connectivity index (χ1) is 24.7. The van der Waals surface area contributed by atoms with Gasteiger partial charge >= 0.3 is 6.09 Å². The molecular formula is C40H42N4O7. The Morgan fingerprint density at radius 2 is 1.69 bits per heavy atom. The number of aromatic nitrogens is 1. The molecule has 6 rings (SSSR count). The molecule has 1 aliphatic rings. The molecule has 6 N–H and O–H groups in total. The van der Waals surface area contributed by atoms with Crippen LogP contribution in [-0.4, -0.2) is 63.4 Å². The standard InChI is InChI=1S/C40H42N4O7/c45-34-18-16-32(33-17-19-36(47)42-38(33)34)35(46)23-41-20-5-21-44(24-26-10-11-26)39(48)29-14-12-27(13-15-29)25-51-31-9-4-8-30(22-31)37(43-40(49)50)28-6-2-1-3-7-28/h1-4,6-9,12-19,22,26,35,37,41,43,45-46H,5,10-11,20-21,23-25H2,(H,42,47)(H,49,50)/t35-,37?/m1/s1. The molecule has 1 aliphatic carbocycles. The molecule has 2 atom stereocenters. The van der Waals surface area contributed by atoms with E-state index in [0.717, 1.165) is 29.5 Å². The third-order valence-corrected chi connectivity index (χ3v) is 9.05. The molecule has 51 heavy (non-hydrogen) atoms. The van der Waals surface area contributed by atoms with Crippen molar-refractivity contribution in [3.63, 3.8) is 0 Å². The molecule has 2 amide bonds. The maximum absolute atomic E-state index is 13.6. The molecule has 4 aromatic carbocycles. The number of benzene rings is 4. The quantitative estimate of drug-likeness (QED) is 0.0715. The van der Waals surface area contributed by atoms with Crippen molar-refractivity contribution in [2.45, 2.75) is 38.0 Å². The topological polar surface area (TPSA) is 164 Å². The molecule has 264 valence electrons. The zero-order chi connectivity index (χ0) is 35.7. The van der Waals surface area contributed by atoms with Crippen LogP contribution in [0, 0.1) is 5.92 Å². The summed E-state index contributed by atoms with van der Waals surface area (Å²) >= 11 is 0. The van der Waals surface area contributed by atoms with E-state index in [4.69, 9.17) is 4.74 Å². The van der Waals surface area contributed by atoms with Crippen LogP contribution in [0.1, 0.15) is 64.0 Å². The third kappa shape index (κ3) is 9.33. The number of carbonyl (C=O) groups excluding carboxylic acids is 1. The van der Waals surface area contributed by atoms with Gasteiger partial charge < -0.3 is 40.6 Å². The van der Waals surface area contributed by atoms with Crippen LogP contribution in [0.2, 0.25) is 0 Å². The number of nitrogens with zero attached hydrogens (tertiary/aromatic N) is 1. The molecule has 0 saturated heterocycles. The Hall–Kier alpha value is -5.65. The van der Waals surface area contributed by atoms with E-state index in [-0.39, 0.29) is 30.4 Å². The summed E-state index contributed by atoms with van der Waals surface area (Å²) in [5.41, 5.74) is 3.64. The lowest BCUT2D eigenvalue weighted by atomic mass is 9.98. The number of phenolic OH excluding ortho intramolecular Hbond substituents is 1. The van der Waals surface area contributed by atoms with Crippen LogP contribution in [0.3, 0.4) is 0 Å². The fraction of sp³-hybridized carbons (Fsp3) is 0.275. The van der Waals surface area contributed by atoms with Crippen LogP contribution < -0.4 is 20.9 Å². The molecule has 0 aliphatic heterocycles. The smallest absolute Gasteiger partial charge is 0.405 e. The van der Waals surface area contributed by atoms with E-state index in [1.165, 1.54) is 12.1 Å².